The maximum absolute atomic E-state index is 9.37. The summed E-state index contributed by atoms with van der Waals surface area (Å²) in [5, 5.41) is 91.2. The normalized spacial score (nSPS) is 9.50. The Morgan fingerprint density at radius 3 is 0.571 bits per heavy atom. The third kappa shape index (κ3) is 4.03. The number of hydrogen-bond acceptors (Lipinski definition) is 10. The lowest BCUT2D eigenvalue weighted by atomic mass is 9.89. The van der Waals surface area contributed by atoms with Gasteiger partial charge in [-0.15, -0.1) is 0 Å². The van der Waals surface area contributed by atoms with Crippen molar-refractivity contribution in [2.24, 2.45) is 0 Å². The Kier molecular flexibility index (Phi) is 8.28. The molecule has 0 radical (unpaired) electrons. The van der Waals surface area contributed by atoms with Crippen molar-refractivity contribution in [2.75, 3.05) is 0 Å². The summed E-state index contributed by atoms with van der Waals surface area (Å²) in [4.78, 5) is 0. The van der Waals surface area contributed by atoms with Crippen LogP contribution in [0.15, 0.2) is 44.6 Å². The fourth-order valence-corrected chi connectivity index (χ4v) is 1.69. The van der Waals surface area contributed by atoms with Gasteiger partial charge in [0, 0.05) is 0 Å². The first kappa shape index (κ1) is 21.9. The van der Waals surface area contributed by atoms with Crippen LogP contribution in [0.5, 0.6) is 0 Å². The second-order valence-electron chi connectivity index (χ2n) is 4.12. The molecular formula is C18N10. The van der Waals surface area contributed by atoms with Gasteiger partial charge in [-0.3, -0.25) is 0 Å². The van der Waals surface area contributed by atoms with Crippen molar-refractivity contribution >= 4 is 0 Å². The zero-order valence-electron chi connectivity index (χ0n) is 13.5. The van der Waals surface area contributed by atoms with Crippen molar-refractivity contribution in [3.63, 3.8) is 0 Å². The Morgan fingerprint density at radius 2 is 0.429 bits per heavy atom. The summed E-state index contributed by atoms with van der Waals surface area (Å²) in [5.74, 6) is 0. The van der Waals surface area contributed by atoms with Crippen LogP contribution in [0.1, 0.15) is 0 Å². The Balaban J connectivity index is 7.83. The van der Waals surface area contributed by atoms with Gasteiger partial charge < -0.3 is 0 Å². The highest BCUT2D eigenvalue weighted by atomic mass is 14.4. The molecule has 0 spiro atoms. The average molecular weight is 356 g/mol. The van der Waals surface area contributed by atoms with Gasteiger partial charge in [0.1, 0.15) is 71.8 Å². The first-order chi connectivity index (χ1) is 13.5. The standard InChI is InChI=1S/C18N10/c19-1-11(2-20)13(5-23)15(7-25)17(9-27)18(10-28)16(8-26)14(6-24)12(3-21)4-22. The predicted molar refractivity (Wildman–Crippen MR) is 84.2 cm³/mol. The molecule has 0 N–H and O–H groups in total. The molecule has 10 nitrogen and oxygen atoms in total. The second kappa shape index (κ2) is 10.6. The van der Waals surface area contributed by atoms with Gasteiger partial charge in [-0.25, -0.2) is 0 Å². The summed E-state index contributed by atoms with van der Waals surface area (Å²) in [5.41, 5.74) is -6.79. The van der Waals surface area contributed by atoms with E-state index >= 15 is 0 Å². The smallest absolute Gasteiger partial charge is 0.148 e. The van der Waals surface area contributed by atoms with E-state index in [0.717, 1.165) is 0 Å². The first-order valence-electron chi connectivity index (χ1n) is 6.49. The van der Waals surface area contributed by atoms with E-state index in [2.05, 4.69) is 0 Å². The summed E-state index contributed by atoms with van der Waals surface area (Å²) in [6.07, 6.45) is 0. The number of allylic oxidation sites excluding steroid dienone is 8. The van der Waals surface area contributed by atoms with Gasteiger partial charge >= 0.3 is 0 Å². The Hall–Kier alpha value is -6.14. The van der Waals surface area contributed by atoms with Gasteiger partial charge in [0.2, 0.25) is 0 Å². The van der Waals surface area contributed by atoms with Gasteiger partial charge in [-0.2, -0.15) is 52.6 Å². The van der Waals surface area contributed by atoms with Gasteiger partial charge in [-0.1, -0.05) is 0 Å². The molecule has 0 rings (SSSR count). The summed E-state index contributed by atoms with van der Waals surface area (Å²) in [6.45, 7) is 0. The van der Waals surface area contributed by atoms with Gasteiger partial charge in [0.15, 0.2) is 0 Å². The molecule has 0 aromatic rings. The van der Waals surface area contributed by atoms with Crippen molar-refractivity contribution in [1.82, 2.24) is 0 Å². The minimum absolute atomic E-state index is 0.822. The van der Waals surface area contributed by atoms with Crippen molar-refractivity contribution < 1.29 is 0 Å². The van der Waals surface area contributed by atoms with Crippen LogP contribution in [-0.4, -0.2) is 0 Å². The Labute approximate surface area is 158 Å². The van der Waals surface area contributed by atoms with Crippen LogP contribution >= 0.6 is 0 Å². The van der Waals surface area contributed by atoms with Gasteiger partial charge in [0.25, 0.3) is 0 Å². The minimum Gasteiger partial charge on any atom is -0.192 e. The molecule has 0 amide bonds. The van der Waals surface area contributed by atoms with Crippen molar-refractivity contribution in [3.8, 4) is 60.7 Å². The molecule has 0 aromatic heterocycles. The molecule has 0 saturated heterocycles. The molecule has 0 heterocycles. The molecule has 0 aliphatic carbocycles. The predicted octanol–water partition coefficient (Wildman–Crippen LogP) is 1.41. The van der Waals surface area contributed by atoms with Gasteiger partial charge in [0.05, 0.1) is 33.4 Å². The highest BCUT2D eigenvalue weighted by molar-refractivity contribution is 5.74. The number of nitriles is 10. The highest BCUT2D eigenvalue weighted by Gasteiger charge is 2.25. The molecule has 28 heavy (non-hydrogen) atoms. The van der Waals surface area contributed by atoms with E-state index in [9.17, 15) is 21.0 Å². The monoisotopic (exact) mass is 356 g/mol. The average Bonchev–Trinajstić information content (AvgIpc) is 2.73. The summed E-state index contributed by atoms with van der Waals surface area (Å²) in [6, 6.07) is 13.9. The van der Waals surface area contributed by atoms with Crippen molar-refractivity contribution in [2.45, 2.75) is 0 Å². The van der Waals surface area contributed by atoms with Crippen LogP contribution < -0.4 is 0 Å². The molecular weight excluding hydrogens is 356 g/mol. The fraction of sp³-hybridized carbons (Fsp3) is 0. The van der Waals surface area contributed by atoms with Crippen LogP contribution in [0.25, 0.3) is 0 Å². The van der Waals surface area contributed by atoms with E-state index in [1.807, 2.05) is 0 Å². The Morgan fingerprint density at radius 1 is 0.250 bits per heavy atom. The maximum Gasteiger partial charge on any atom is 0.148 e. The lowest BCUT2D eigenvalue weighted by Crippen LogP contribution is -2.02. The lowest BCUT2D eigenvalue weighted by Gasteiger charge is -2.04. The maximum atomic E-state index is 9.37. The van der Waals surface area contributed by atoms with Crippen LogP contribution in [-0.2, 0) is 0 Å². The van der Waals surface area contributed by atoms with E-state index in [-0.39, 0.29) is 0 Å². The summed E-state index contributed by atoms with van der Waals surface area (Å²) < 4.78 is 0. The lowest BCUT2D eigenvalue weighted by molar-refractivity contribution is 1.31. The quantitative estimate of drug-likeness (QED) is 0.519. The molecule has 0 bridgehead atoms. The minimum atomic E-state index is -0.885. The van der Waals surface area contributed by atoms with Crippen LogP contribution in [0.4, 0.5) is 0 Å². The van der Waals surface area contributed by atoms with Crippen LogP contribution in [0.2, 0.25) is 0 Å². The first-order valence-corrected chi connectivity index (χ1v) is 6.49. The van der Waals surface area contributed by atoms with Crippen LogP contribution in [0.3, 0.4) is 0 Å². The van der Waals surface area contributed by atoms with Crippen molar-refractivity contribution in [3.05, 3.63) is 44.6 Å². The van der Waals surface area contributed by atoms with Gasteiger partial charge in [-0.05, 0) is 0 Å². The SMILES string of the molecule is N#CC(C#N)=C(C#N)C(C#N)=C(C#N)C(C#N)=C(C#N)C(C#N)=C(C#N)C#N. The molecule has 0 aliphatic rings. The van der Waals surface area contributed by atoms with E-state index in [4.69, 9.17) is 31.6 Å². The summed E-state index contributed by atoms with van der Waals surface area (Å²) in [7, 11) is 0. The molecule has 0 atom stereocenters. The van der Waals surface area contributed by atoms with E-state index in [1.54, 1.807) is 0 Å². The molecule has 0 unspecified atom stereocenters. The van der Waals surface area contributed by atoms with Crippen LogP contribution in [0, 0.1) is 113 Å². The molecule has 0 aliphatic heterocycles. The highest BCUT2D eigenvalue weighted by Crippen LogP contribution is 2.27. The largest absolute Gasteiger partial charge is 0.192 e. The number of hydrogen-bond donors (Lipinski definition) is 0. The van der Waals surface area contributed by atoms with E-state index < -0.39 is 44.6 Å². The van der Waals surface area contributed by atoms with Crippen molar-refractivity contribution in [1.29, 1.82) is 52.6 Å². The third-order valence-electron chi connectivity index (χ3n) is 2.87. The zero-order valence-corrected chi connectivity index (χ0v) is 13.5. The molecule has 0 fully saturated rings. The third-order valence-corrected chi connectivity index (χ3v) is 2.87. The fourth-order valence-electron chi connectivity index (χ4n) is 1.69. The topological polar surface area (TPSA) is 238 Å². The van der Waals surface area contributed by atoms with E-state index in [1.165, 1.54) is 60.7 Å². The summed E-state index contributed by atoms with van der Waals surface area (Å²) >= 11 is 0. The molecule has 0 aromatic carbocycles. The molecule has 10 heteroatoms. The Bertz CT molecular complexity index is 1160. The second-order valence-corrected chi connectivity index (χ2v) is 4.12. The zero-order chi connectivity index (χ0) is 21.7. The number of rotatable bonds is 3. The molecule has 122 valence electrons. The number of nitrogens with zero attached hydrogens (tertiary/aromatic N) is 10. The molecule has 0 saturated carbocycles. The van der Waals surface area contributed by atoms with E-state index in [0.29, 0.717) is 0 Å².